The number of oxazole rings is 1. The van der Waals surface area contributed by atoms with Gasteiger partial charge in [-0.05, 0) is 29.9 Å². The molecule has 8 heteroatoms. The molecule has 0 bridgehead atoms. The maximum absolute atomic E-state index is 12.5. The quantitative estimate of drug-likeness (QED) is 0.650. The molecule has 0 aliphatic carbocycles. The zero-order chi connectivity index (χ0) is 20.1. The predicted octanol–water partition coefficient (Wildman–Crippen LogP) is 3.38. The first-order valence-electron chi connectivity index (χ1n) is 9.55. The summed E-state index contributed by atoms with van der Waals surface area (Å²) in [6, 6.07) is 14.0. The maximum Gasteiger partial charge on any atom is 0.302 e. The molecule has 150 valence electrons. The molecule has 3 aromatic rings. The summed E-state index contributed by atoms with van der Waals surface area (Å²) in [6.07, 6.45) is 3.04. The van der Waals surface area contributed by atoms with E-state index in [4.69, 9.17) is 4.42 Å². The van der Waals surface area contributed by atoms with E-state index in [2.05, 4.69) is 44.8 Å². The van der Waals surface area contributed by atoms with Gasteiger partial charge in [-0.15, -0.1) is 11.3 Å². The highest BCUT2D eigenvalue weighted by Gasteiger charge is 2.23. The van der Waals surface area contributed by atoms with Gasteiger partial charge >= 0.3 is 6.01 Å². The van der Waals surface area contributed by atoms with Crippen LogP contribution in [0.3, 0.4) is 0 Å². The second-order valence-corrected chi connectivity index (χ2v) is 7.93. The van der Waals surface area contributed by atoms with Crippen molar-refractivity contribution in [3.63, 3.8) is 0 Å². The highest BCUT2D eigenvalue weighted by molar-refractivity contribution is 7.12. The molecule has 0 saturated carbocycles. The fourth-order valence-electron chi connectivity index (χ4n) is 3.34. The fourth-order valence-corrected chi connectivity index (χ4v) is 3.96. The third-order valence-corrected chi connectivity index (χ3v) is 5.74. The summed E-state index contributed by atoms with van der Waals surface area (Å²) in [4.78, 5) is 31.5. The van der Waals surface area contributed by atoms with Crippen LogP contribution in [0, 0.1) is 0 Å². The van der Waals surface area contributed by atoms with Crippen molar-refractivity contribution in [3.05, 3.63) is 70.2 Å². The first-order chi connectivity index (χ1) is 14.2. The van der Waals surface area contributed by atoms with Gasteiger partial charge in [0.25, 0.3) is 11.8 Å². The monoisotopic (exact) mass is 410 g/mol. The van der Waals surface area contributed by atoms with Crippen LogP contribution in [0.25, 0.3) is 0 Å². The Kier molecular flexibility index (Phi) is 6.02. The van der Waals surface area contributed by atoms with Gasteiger partial charge in [0, 0.05) is 25.7 Å². The molecule has 0 unspecified atom stereocenters. The minimum atomic E-state index is -0.306. The summed E-state index contributed by atoms with van der Waals surface area (Å²) in [5.41, 5.74) is 1.47. The van der Waals surface area contributed by atoms with Crippen molar-refractivity contribution >= 4 is 29.2 Å². The number of rotatable bonds is 6. The van der Waals surface area contributed by atoms with E-state index in [9.17, 15) is 9.59 Å². The van der Waals surface area contributed by atoms with Gasteiger partial charge in [0.2, 0.25) is 0 Å². The molecule has 1 aliphatic heterocycles. The number of hydrogen-bond donors (Lipinski definition) is 2. The number of carbonyl (C=O) groups is 2. The van der Waals surface area contributed by atoms with Crippen LogP contribution in [0.4, 0.5) is 6.01 Å². The maximum atomic E-state index is 12.5. The molecule has 7 nitrogen and oxygen atoms in total. The van der Waals surface area contributed by atoms with Crippen LogP contribution in [-0.2, 0) is 6.54 Å². The third kappa shape index (κ3) is 5.10. The second kappa shape index (κ2) is 9.02. The van der Waals surface area contributed by atoms with Gasteiger partial charge in [-0.2, -0.15) is 4.98 Å². The van der Waals surface area contributed by atoms with E-state index in [1.165, 1.54) is 23.2 Å². The fraction of sp³-hybridized carbons (Fsp3) is 0.286. The second-order valence-electron chi connectivity index (χ2n) is 6.98. The Labute approximate surface area is 172 Å². The van der Waals surface area contributed by atoms with E-state index >= 15 is 0 Å². The van der Waals surface area contributed by atoms with Gasteiger partial charge in [0.05, 0.1) is 4.88 Å². The minimum Gasteiger partial charge on any atom is -0.431 e. The number of carbonyl (C=O) groups excluding carboxylic acids is 2. The van der Waals surface area contributed by atoms with Gasteiger partial charge in [0.1, 0.15) is 6.26 Å². The molecule has 1 saturated heterocycles. The number of hydrogen-bond acceptors (Lipinski definition) is 6. The Morgan fingerprint density at radius 2 is 1.90 bits per heavy atom. The van der Waals surface area contributed by atoms with Crippen LogP contribution in [0.2, 0.25) is 0 Å². The topological polar surface area (TPSA) is 87.5 Å². The number of nitrogens with zero attached hydrogens (tertiary/aromatic N) is 2. The van der Waals surface area contributed by atoms with Gasteiger partial charge < -0.3 is 9.73 Å². The molecule has 1 fully saturated rings. The number of benzene rings is 1. The Morgan fingerprint density at radius 3 is 2.62 bits per heavy atom. The van der Waals surface area contributed by atoms with Crippen molar-refractivity contribution in [2.45, 2.75) is 25.4 Å². The Morgan fingerprint density at radius 1 is 1.10 bits per heavy atom. The summed E-state index contributed by atoms with van der Waals surface area (Å²) >= 11 is 1.32. The highest BCUT2D eigenvalue weighted by Crippen LogP contribution is 2.16. The van der Waals surface area contributed by atoms with Gasteiger partial charge in [-0.3, -0.25) is 19.8 Å². The smallest absolute Gasteiger partial charge is 0.302 e. The van der Waals surface area contributed by atoms with Crippen molar-refractivity contribution in [2.75, 3.05) is 18.4 Å². The average Bonchev–Trinajstić information content (AvgIpc) is 3.42. The van der Waals surface area contributed by atoms with E-state index in [0.29, 0.717) is 4.88 Å². The number of amides is 2. The molecule has 0 atom stereocenters. The largest absolute Gasteiger partial charge is 0.431 e. The summed E-state index contributed by atoms with van der Waals surface area (Å²) in [5, 5.41) is 7.39. The number of aromatic nitrogens is 1. The molecular formula is C21H22N4O3S. The summed E-state index contributed by atoms with van der Waals surface area (Å²) in [6.45, 7) is 2.79. The lowest BCUT2D eigenvalue weighted by atomic mass is 10.0. The van der Waals surface area contributed by atoms with Crippen LogP contribution in [0.15, 0.2) is 58.5 Å². The molecule has 1 aliphatic rings. The molecule has 0 spiro atoms. The highest BCUT2D eigenvalue weighted by atomic mass is 32.1. The van der Waals surface area contributed by atoms with E-state index in [1.807, 2.05) is 11.4 Å². The normalized spacial score (nSPS) is 15.2. The van der Waals surface area contributed by atoms with E-state index in [-0.39, 0.29) is 29.6 Å². The number of anilines is 1. The zero-order valence-electron chi connectivity index (χ0n) is 15.8. The van der Waals surface area contributed by atoms with Crippen LogP contribution in [0.1, 0.15) is 38.6 Å². The molecule has 0 radical (unpaired) electrons. The first kappa shape index (κ1) is 19.4. The third-order valence-electron chi connectivity index (χ3n) is 4.87. The SMILES string of the molecule is O=C(NC1CCN(Cc2ccccc2)CC1)c1coc(NC(=O)c2cccs2)n1. The van der Waals surface area contributed by atoms with Gasteiger partial charge in [0.15, 0.2) is 5.69 Å². The van der Waals surface area contributed by atoms with Crippen LogP contribution in [0.5, 0.6) is 0 Å². The predicted molar refractivity (Wildman–Crippen MR) is 111 cm³/mol. The summed E-state index contributed by atoms with van der Waals surface area (Å²) in [5.74, 6) is -0.591. The molecule has 4 rings (SSSR count). The Balaban J connectivity index is 1.25. The van der Waals surface area contributed by atoms with Crippen molar-refractivity contribution in [1.82, 2.24) is 15.2 Å². The molecule has 2 aromatic heterocycles. The average molecular weight is 410 g/mol. The van der Waals surface area contributed by atoms with Crippen molar-refractivity contribution in [2.24, 2.45) is 0 Å². The van der Waals surface area contributed by atoms with Gasteiger partial charge in [-0.1, -0.05) is 36.4 Å². The molecule has 2 N–H and O–H groups in total. The standard InChI is InChI=1S/C21H22N4O3S/c26-19(17-14-28-21(23-17)24-20(27)18-7-4-12-29-18)22-16-8-10-25(11-9-16)13-15-5-2-1-3-6-15/h1-7,12,14,16H,8-11,13H2,(H,22,26)(H,23,24,27). The zero-order valence-corrected chi connectivity index (χ0v) is 16.7. The summed E-state index contributed by atoms with van der Waals surface area (Å²) < 4.78 is 5.22. The van der Waals surface area contributed by atoms with E-state index in [0.717, 1.165) is 32.5 Å². The van der Waals surface area contributed by atoms with Crippen molar-refractivity contribution < 1.29 is 14.0 Å². The van der Waals surface area contributed by atoms with Crippen LogP contribution < -0.4 is 10.6 Å². The lowest BCUT2D eigenvalue weighted by molar-refractivity contribution is 0.0903. The minimum absolute atomic E-state index is 0.0197. The number of piperidine rings is 1. The number of likely N-dealkylation sites (tertiary alicyclic amines) is 1. The Hall–Kier alpha value is -2.97. The molecular weight excluding hydrogens is 388 g/mol. The van der Waals surface area contributed by atoms with Gasteiger partial charge in [-0.25, -0.2) is 0 Å². The van der Waals surface area contributed by atoms with Crippen LogP contribution >= 0.6 is 11.3 Å². The van der Waals surface area contributed by atoms with Crippen molar-refractivity contribution in [3.8, 4) is 0 Å². The van der Waals surface area contributed by atoms with E-state index < -0.39 is 0 Å². The summed E-state index contributed by atoms with van der Waals surface area (Å²) in [7, 11) is 0. The molecule has 29 heavy (non-hydrogen) atoms. The lowest BCUT2D eigenvalue weighted by Crippen LogP contribution is -2.44. The molecule has 3 heterocycles. The molecule has 1 aromatic carbocycles. The van der Waals surface area contributed by atoms with Crippen LogP contribution in [-0.4, -0.2) is 40.8 Å². The number of thiophene rings is 1. The van der Waals surface area contributed by atoms with Crippen molar-refractivity contribution in [1.29, 1.82) is 0 Å². The van der Waals surface area contributed by atoms with E-state index in [1.54, 1.807) is 12.1 Å². The number of nitrogens with one attached hydrogen (secondary N) is 2. The molecule has 2 amide bonds. The first-order valence-corrected chi connectivity index (χ1v) is 10.4. The lowest BCUT2D eigenvalue weighted by Gasteiger charge is -2.32. The Bertz CT molecular complexity index is 947.